The number of hydrogen-bond donors (Lipinski definition) is 2. The van der Waals surface area contributed by atoms with Crippen molar-refractivity contribution in [3.8, 4) is 11.3 Å². The summed E-state index contributed by atoms with van der Waals surface area (Å²) in [5.41, 5.74) is 1.47. The number of fused-ring (bicyclic) bond motifs is 1. The molecule has 0 bridgehead atoms. The lowest BCUT2D eigenvalue weighted by molar-refractivity contribution is -0.142. The first-order valence-corrected chi connectivity index (χ1v) is 13.4. The van der Waals surface area contributed by atoms with Crippen molar-refractivity contribution in [2.24, 2.45) is 5.92 Å². The Morgan fingerprint density at radius 1 is 1.24 bits per heavy atom. The smallest absolute Gasteiger partial charge is 0.249 e. The largest absolute Gasteiger partial charge is 0.344 e. The number of nitrogens with one attached hydrogen (secondary N) is 2. The van der Waals surface area contributed by atoms with Crippen LogP contribution in [0.5, 0.6) is 0 Å². The highest BCUT2D eigenvalue weighted by molar-refractivity contribution is 8.01. The van der Waals surface area contributed by atoms with E-state index in [1.54, 1.807) is 16.7 Å². The third-order valence-corrected chi connectivity index (χ3v) is 8.79. The summed E-state index contributed by atoms with van der Waals surface area (Å²) in [5, 5.41) is 10.6. The van der Waals surface area contributed by atoms with Crippen LogP contribution in [0.1, 0.15) is 53.4 Å². The number of carbonyl (C=O) groups excluding carboxylic acids is 3. The van der Waals surface area contributed by atoms with Crippen LogP contribution in [0.25, 0.3) is 11.3 Å². The average Bonchev–Trinajstić information content (AvgIpc) is 3.34. The topological polar surface area (TPSA) is 104 Å². The first-order chi connectivity index (χ1) is 16.2. The number of nitrogens with zero attached hydrogens (tertiary/aromatic N) is 3. The molecule has 3 amide bonds. The van der Waals surface area contributed by atoms with Crippen LogP contribution in [-0.2, 0) is 14.4 Å². The molecule has 10 heteroatoms. The molecule has 3 heterocycles. The second kappa shape index (κ2) is 10.0. The second-order valence-electron chi connectivity index (χ2n) is 9.43. The summed E-state index contributed by atoms with van der Waals surface area (Å²) in [7, 11) is 0. The lowest BCUT2D eigenvalue weighted by Crippen LogP contribution is -2.57. The predicted octanol–water partition coefficient (Wildman–Crippen LogP) is 3.91. The van der Waals surface area contributed by atoms with Crippen LogP contribution in [0.2, 0.25) is 0 Å². The quantitative estimate of drug-likeness (QED) is 0.622. The molecule has 34 heavy (non-hydrogen) atoms. The summed E-state index contributed by atoms with van der Waals surface area (Å²) >= 11 is 2.77. The van der Waals surface area contributed by atoms with E-state index in [0.717, 1.165) is 29.9 Å². The van der Waals surface area contributed by atoms with Crippen molar-refractivity contribution in [3.63, 3.8) is 0 Å². The van der Waals surface area contributed by atoms with Gasteiger partial charge in [-0.25, -0.2) is 0 Å². The van der Waals surface area contributed by atoms with Gasteiger partial charge < -0.3 is 15.5 Å². The molecule has 2 saturated heterocycles. The first-order valence-electron chi connectivity index (χ1n) is 11.7. The zero-order valence-corrected chi connectivity index (χ0v) is 21.5. The standard InChI is InChI=1S/C24H31N5O3S2/c1-5-14(2)20(30)25-16-12-9-13-17-29(23(16)32)19(24(3,4)33-17)21(31)26-22-18(27-28-34-22)15-10-7-6-8-11-15/h6-8,10-11,14,16-17,19H,5,9,12-13H2,1-4H3,(H,25,30)(H,26,31)/t14-,16?,17-,19-/m1/s1. The number of thioether (sulfide) groups is 1. The molecule has 2 N–H and O–H groups in total. The van der Waals surface area contributed by atoms with Crippen LogP contribution in [0, 0.1) is 5.92 Å². The van der Waals surface area contributed by atoms with E-state index in [9.17, 15) is 14.4 Å². The van der Waals surface area contributed by atoms with Gasteiger partial charge in [-0.1, -0.05) is 48.7 Å². The van der Waals surface area contributed by atoms with Crippen molar-refractivity contribution in [2.45, 2.75) is 75.6 Å². The Hall–Kier alpha value is -2.46. The number of benzene rings is 1. The van der Waals surface area contributed by atoms with Crippen LogP contribution < -0.4 is 10.6 Å². The van der Waals surface area contributed by atoms with Gasteiger partial charge in [0.25, 0.3) is 0 Å². The number of aromatic nitrogens is 2. The average molecular weight is 502 g/mol. The zero-order valence-electron chi connectivity index (χ0n) is 19.9. The van der Waals surface area contributed by atoms with Crippen molar-refractivity contribution in [2.75, 3.05) is 5.32 Å². The zero-order chi connectivity index (χ0) is 24.5. The lowest BCUT2D eigenvalue weighted by Gasteiger charge is -2.33. The Bertz CT molecular complexity index is 1060. The normalized spacial score (nSPS) is 24.8. The number of anilines is 1. The number of amides is 3. The summed E-state index contributed by atoms with van der Waals surface area (Å²) in [6.45, 7) is 7.81. The van der Waals surface area contributed by atoms with Crippen LogP contribution >= 0.6 is 23.3 Å². The van der Waals surface area contributed by atoms with Gasteiger partial charge in [-0.15, -0.1) is 16.9 Å². The highest BCUT2D eigenvalue weighted by atomic mass is 32.2. The molecule has 2 aliphatic heterocycles. The Morgan fingerprint density at radius 3 is 2.68 bits per heavy atom. The van der Waals surface area contributed by atoms with Crippen LogP contribution in [0.15, 0.2) is 30.3 Å². The Morgan fingerprint density at radius 2 is 1.97 bits per heavy atom. The maximum Gasteiger partial charge on any atom is 0.249 e. The minimum atomic E-state index is -0.679. The third kappa shape index (κ3) is 4.84. The minimum Gasteiger partial charge on any atom is -0.344 e. The molecule has 2 aliphatic rings. The van der Waals surface area contributed by atoms with Crippen molar-refractivity contribution >= 4 is 46.0 Å². The summed E-state index contributed by atoms with van der Waals surface area (Å²) < 4.78 is 3.55. The Kier molecular flexibility index (Phi) is 7.28. The van der Waals surface area contributed by atoms with Crippen LogP contribution in [-0.4, -0.2) is 54.4 Å². The molecular formula is C24H31N5O3S2. The van der Waals surface area contributed by atoms with E-state index in [0.29, 0.717) is 23.5 Å². The molecule has 2 fully saturated rings. The van der Waals surface area contributed by atoms with Gasteiger partial charge in [0.15, 0.2) is 0 Å². The van der Waals surface area contributed by atoms with Crippen molar-refractivity contribution in [3.05, 3.63) is 30.3 Å². The van der Waals surface area contributed by atoms with Gasteiger partial charge in [-0.2, -0.15) is 0 Å². The van der Waals surface area contributed by atoms with Crippen molar-refractivity contribution in [1.82, 2.24) is 19.8 Å². The van der Waals surface area contributed by atoms with E-state index < -0.39 is 16.8 Å². The van der Waals surface area contributed by atoms with Gasteiger partial charge in [0.1, 0.15) is 22.8 Å². The van der Waals surface area contributed by atoms with E-state index in [4.69, 9.17) is 0 Å². The van der Waals surface area contributed by atoms with Crippen molar-refractivity contribution in [1.29, 1.82) is 0 Å². The number of hydrogen-bond acceptors (Lipinski definition) is 7. The van der Waals surface area contributed by atoms with Gasteiger partial charge in [0.05, 0.1) is 5.37 Å². The number of carbonyl (C=O) groups is 3. The molecule has 1 unspecified atom stereocenters. The molecule has 8 nitrogen and oxygen atoms in total. The first kappa shape index (κ1) is 24.7. The lowest BCUT2D eigenvalue weighted by atomic mass is 9.99. The minimum absolute atomic E-state index is 0.100. The molecule has 0 spiro atoms. The van der Waals surface area contributed by atoms with Crippen LogP contribution in [0.4, 0.5) is 5.00 Å². The monoisotopic (exact) mass is 501 g/mol. The Balaban J connectivity index is 1.58. The molecule has 4 rings (SSSR count). The highest BCUT2D eigenvalue weighted by Crippen LogP contribution is 2.48. The van der Waals surface area contributed by atoms with Gasteiger partial charge in [-0.05, 0) is 39.5 Å². The fourth-order valence-corrected chi connectivity index (χ4v) is 6.82. The van der Waals surface area contributed by atoms with Gasteiger partial charge in [0, 0.05) is 27.8 Å². The van der Waals surface area contributed by atoms with Gasteiger partial charge in [0.2, 0.25) is 17.7 Å². The van der Waals surface area contributed by atoms with E-state index in [2.05, 4.69) is 20.2 Å². The Labute approximate surface area is 208 Å². The molecule has 1 aromatic heterocycles. The maximum absolute atomic E-state index is 13.7. The molecule has 0 saturated carbocycles. The second-order valence-corrected chi connectivity index (χ2v) is 12.0. The molecule has 182 valence electrons. The molecule has 0 radical (unpaired) electrons. The fourth-order valence-electron chi connectivity index (χ4n) is 4.55. The molecule has 1 aromatic carbocycles. The predicted molar refractivity (Wildman–Crippen MR) is 135 cm³/mol. The summed E-state index contributed by atoms with van der Waals surface area (Å²) in [5.74, 6) is -0.714. The van der Waals surface area contributed by atoms with Crippen LogP contribution in [0.3, 0.4) is 0 Å². The third-order valence-electron chi connectivity index (χ3n) is 6.58. The fraction of sp³-hybridized carbons (Fsp3) is 0.542. The van der Waals surface area contributed by atoms with Gasteiger partial charge >= 0.3 is 0 Å². The van der Waals surface area contributed by atoms with E-state index in [1.165, 1.54) is 0 Å². The molecule has 4 atom stereocenters. The summed E-state index contributed by atoms with van der Waals surface area (Å²) in [6.07, 6.45) is 2.89. The van der Waals surface area contributed by atoms with Crippen molar-refractivity contribution < 1.29 is 14.4 Å². The molecule has 2 aromatic rings. The maximum atomic E-state index is 13.7. The van der Waals surface area contributed by atoms with E-state index in [1.807, 2.05) is 58.0 Å². The number of rotatable bonds is 6. The SMILES string of the molecule is CC[C@@H](C)C(=O)NC1CCC[C@H]2SC(C)(C)[C@@H](C(=O)Nc3snnc3-c3ccccc3)N2C1=O. The summed E-state index contributed by atoms with van der Waals surface area (Å²) in [4.78, 5) is 41.6. The summed E-state index contributed by atoms with van der Waals surface area (Å²) in [6, 6.07) is 8.28. The molecule has 0 aliphatic carbocycles. The highest BCUT2D eigenvalue weighted by Gasteiger charge is 2.54. The van der Waals surface area contributed by atoms with E-state index >= 15 is 0 Å². The van der Waals surface area contributed by atoms with E-state index in [-0.39, 0.29) is 29.0 Å². The molecular weight excluding hydrogens is 470 g/mol. The van der Waals surface area contributed by atoms with Gasteiger partial charge in [-0.3, -0.25) is 14.4 Å².